The largest absolute Gasteiger partial charge is 0.383 e. The zero-order valence-corrected chi connectivity index (χ0v) is 13.0. The van der Waals surface area contributed by atoms with Gasteiger partial charge in [-0.2, -0.15) is 0 Å². The van der Waals surface area contributed by atoms with Crippen LogP contribution in [0.3, 0.4) is 0 Å². The van der Waals surface area contributed by atoms with Gasteiger partial charge in [-0.25, -0.2) is 18.1 Å². The fraction of sp³-hybridized carbons (Fsp3) is 0.300. The number of nitrogens with one attached hydrogen (secondary N) is 1. The van der Waals surface area contributed by atoms with E-state index in [9.17, 15) is 8.42 Å². The van der Waals surface area contributed by atoms with Crippen molar-refractivity contribution in [1.29, 1.82) is 0 Å². The van der Waals surface area contributed by atoms with Gasteiger partial charge in [0.05, 0.1) is 6.54 Å². The van der Waals surface area contributed by atoms with Crippen LogP contribution in [0.5, 0.6) is 0 Å². The van der Waals surface area contributed by atoms with Crippen molar-refractivity contribution in [2.24, 2.45) is 0 Å². The van der Waals surface area contributed by atoms with E-state index in [-0.39, 0.29) is 17.3 Å². The van der Waals surface area contributed by atoms with E-state index in [1.54, 1.807) is 10.9 Å². The van der Waals surface area contributed by atoms with Crippen molar-refractivity contribution < 1.29 is 8.42 Å². The molecule has 0 aromatic carbocycles. The molecule has 0 saturated heterocycles. The first-order valence-corrected chi connectivity index (χ1v) is 7.99. The highest BCUT2D eigenvalue weighted by molar-refractivity contribution is 9.10. The van der Waals surface area contributed by atoms with Crippen molar-refractivity contribution in [3.8, 4) is 0 Å². The van der Waals surface area contributed by atoms with Crippen LogP contribution in [0.2, 0.25) is 0 Å². The van der Waals surface area contributed by atoms with E-state index in [2.05, 4.69) is 35.8 Å². The van der Waals surface area contributed by atoms with Crippen LogP contribution in [0.25, 0.3) is 0 Å². The van der Waals surface area contributed by atoms with Crippen LogP contribution in [0.15, 0.2) is 28.0 Å². The molecule has 3 N–H and O–H groups in total. The third kappa shape index (κ3) is 3.14. The quantitative estimate of drug-likeness (QED) is 0.802. The zero-order valence-electron chi connectivity index (χ0n) is 10.6. The van der Waals surface area contributed by atoms with Gasteiger partial charge in [0.25, 0.3) is 0 Å². The van der Waals surface area contributed by atoms with Gasteiger partial charge in [0.1, 0.15) is 22.9 Å². The Morgan fingerprint density at radius 3 is 2.95 bits per heavy atom. The minimum Gasteiger partial charge on any atom is -0.383 e. The SMILES string of the molecule is CCn1cnnc1CNS(=O)(=O)c1cc(Br)cnc1N. The summed E-state index contributed by atoms with van der Waals surface area (Å²) in [4.78, 5) is 3.73. The summed E-state index contributed by atoms with van der Waals surface area (Å²) in [6, 6.07) is 1.40. The van der Waals surface area contributed by atoms with Gasteiger partial charge in [-0.3, -0.25) is 0 Å². The molecule has 0 amide bonds. The normalized spacial score (nSPS) is 11.7. The Labute approximate surface area is 124 Å². The van der Waals surface area contributed by atoms with Crippen molar-refractivity contribution in [3.05, 3.63) is 28.9 Å². The van der Waals surface area contributed by atoms with E-state index in [1.807, 2.05) is 6.92 Å². The second-order valence-corrected chi connectivity index (χ2v) is 6.55. The number of hydrogen-bond donors (Lipinski definition) is 2. The summed E-state index contributed by atoms with van der Waals surface area (Å²) < 4.78 is 29.1. The monoisotopic (exact) mass is 360 g/mol. The van der Waals surface area contributed by atoms with E-state index in [0.29, 0.717) is 16.8 Å². The lowest BCUT2D eigenvalue weighted by molar-refractivity contribution is 0.575. The number of rotatable bonds is 5. The molecule has 2 heterocycles. The molecular formula is C10H13BrN6O2S. The summed E-state index contributed by atoms with van der Waals surface area (Å²) in [6.45, 7) is 2.60. The van der Waals surface area contributed by atoms with Gasteiger partial charge in [0.15, 0.2) is 0 Å². The molecule has 2 aromatic heterocycles. The Morgan fingerprint density at radius 1 is 1.50 bits per heavy atom. The molecule has 0 fully saturated rings. The number of sulfonamides is 1. The molecule has 0 aliphatic heterocycles. The second kappa shape index (κ2) is 5.85. The highest BCUT2D eigenvalue weighted by Gasteiger charge is 2.19. The molecular weight excluding hydrogens is 348 g/mol. The number of anilines is 1. The number of nitrogens with two attached hydrogens (primary N) is 1. The third-order valence-corrected chi connectivity index (χ3v) is 4.46. The number of nitrogen functional groups attached to an aromatic ring is 1. The van der Waals surface area contributed by atoms with Crippen molar-refractivity contribution in [1.82, 2.24) is 24.5 Å². The lowest BCUT2D eigenvalue weighted by Crippen LogP contribution is -2.26. The Balaban J connectivity index is 2.21. The average Bonchev–Trinajstić information content (AvgIpc) is 2.86. The van der Waals surface area contributed by atoms with E-state index in [1.165, 1.54) is 12.3 Å². The molecule has 2 aromatic rings. The fourth-order valence-electron chi connectivity index (χ4n) is 1.56. The smallest absolute Gasteiger partial charge is 0.244 e. The van der Waals surface area contributed by atoms with Gasteiger partial charge in [-0.15, -0.1) is 10.2 Å². The minimum atomic E-state index is -3.76. The average molecular weight is 361 g/mol. The van der Waals surface area contributed by atoms with Crippen LogP contribution >= 0.6 is 15.9 Å². The van der Waals surface area contributed by atoms with Crippen molar-refractivity contribution in [3.63, 3.8) is 0 Å². The van der Waals surface area contributed by atoms with Crippen LogP contribution in [-0.4, -0.2) is 28.2 Å². The van der Waals surface area contributed by atoms with Crippen LogP contribution in [-0.2, 0) is 23.1 Å². The number of aromatic nitrogens is 4. The summed E-state index contributed by atoms with van der Waals surface area (Å²) in [6.07, 6.45) is 2.97. The van der Waals surface area contributed by atoms with Gasteiger partial charge < -0.3 is 10.3 Å². The highest BCUT2D eigenvalue weighted by Crippen LogP contribution is 2.20. The topological polar surface area (TPSA) is 116 Å². The van der Waals surface area contributed by atoms with E-state index < -0.39 is 10.0 Å². The minimum absolute atomic E-state index is 0.0299. The Hall–Kier alpha value is -1.52. The van der Waals surface area contributed by atoms with Crippen LogP contribution in [0.4, 0.5) is 5.82 Å². The van der Waals surface area contributed by atoms with Gasteiger partial charge in [0.2, 0.25) is 10.0 Å². The Bertz CT molecular complexity index is 714. The van der Waals surface area contributed by atoms with Crippen molar-refractivity contribution >= 4 is 31.8 Å². The van der Waals surface area contributed by atoms with Crippen molar-refractivity contribution in [2.45, 2.75) is 24.9 Å². The van der Waals surface area contributed by atoms with Gasteiger partial charge in [-0.1, -0.05) is 0 Å². The predicted molar refractivity (Wildman–Crippen MR) is 76.1 cm³/mol. The molecule has 0 aliphatic rings. The van der Waals surface area contributed by atoms with Crippen LogP contribution < -0.4 is 10.5 Å². The maximum absolute atomic E-state index is 12.2. The zero-order chi connectivity index (χ0) is 14.8. The van der Waals surface area contributed by atoms with Gasteiger partial charge in [0, 0.05) is 17.2 Å². The number of halogens is 1. The first kappa shape index (κ1) is 14.9. The maximum atomic E-state index is 12.2. The Morgan fingerprint density at radius 2 is 2.25 bits per heavy atom. The number of aryl methyl sites for hydroxylation is 1. The van der Waals surface area contributed by atoms with Gasteiger partial charge >= 0.3 is 0 Å². The molecule has 108 valence electrons. The molecule has 8 nitrogen and oxygen atoms in total. The van der Waals surface area contributed by atoms with E-state index >= 15 is 0 Å². The summed E-state index contributed by atoms with van der Waals surface area (Å²) in [7, 11) is -3.76. The number of nitrogens with zero attached hydrogens (tertiary/aromatic N) is 4. The molecule has 0 atom stereocenters. The standard InChI is InChI=1S/C10H13BrN6O2S/c1-2-17-6-14-16-9(17)5-15-20(18,19)8-3-7(11)4-13-10(8)12/h3-4,6,15H,2,5H2,1H3,(H2,12,13). The molecule has 0 radical (unpaired) electrons. The summed E-state index contributed by atoms with van der Waals surface area (Å²) in [5.41, 5.74) is 5.60. The Kier molecular flexibility index (Phi) is 4.35. The molecule has 0 aliphatic carbocycles. The lowest BCUT2D eigenvalue weighted by Gasteiger charge is -2.09. The first-order valence-electron chi connectivity index (χ1n) is 5.71. The molecule has 0 saturated carbocycles. The molecule has 0 spiro atoms. The third-order valence-electron chi connectivity index (χ3n) is 2.59. The summed E-state index contributed by atoms with van der Waals surface area (Å²) >= 11 is 3.16. The summed E-state index contributed by atoms with van der Waals surface area (Å²) in [5, 5.41) is 7.59. The van der Waals surface area contributed by atoms with Crippen LogP contribution in [0.1, 0.15) is 12.7 Å². The number of pyridine rings is 1. The van der Waals surface area contributed by atoms with E-state index in [4.69, 9.17) is 5.73 Å². The second-order valence-electron chi connectivity index (χ2n) is 3.89. The van der Waals surface area contributed by atoms with Crippen LogP contribution in [0, 0.1) is 0 Å². The predicted octanol–water partition coefficient (Wildman–Crippen LogP) is 0.516. The first-order chi connectivity index (χ1) is 9.44. The maximum Gasteiger partial charge on any atom is 0.244 e. The van der Waals surface area contributed by atoms with E-state index in [0.717, 1.165) is 0 Å². The molecule has 10 heteroatoms. The highest BCUT2D eigenvalue weighted by atomic mass is 79.9. The molecule has 2 rings (SSSR count). The van der Waals surface area contributed by atoms with Crippen molar-refractivity contribution in [2.75, 3.05) is 5.73 Å². The fourth-order valence-corrected chi connectivity index (χ4v) is 3.13. The molecule has 0 bridgehead atoms. The molecule has 20 heavy (non-hydrogen) atoms. The van der Waals surface area contributed by atoms with Gasteiger partial charge in [-0.05, 0) is 28.9 Å². The molecule has 0 unspecified atom stereocenters. The summed E-state index contributed by atoms with van der Waals surface area (Å²) in [5.74, 6) is 0.468. The number of hydrogen-bond acceptors (Lipinski definition) is 6. The lowest BCUT2D eigenvalue weighted by atomic mass is 10.5.